The minimum Gasteiger partial charge on any atom is -0.301 e. The van der Waals surface area contributed by atoms with Gasteiger partial charge in [-0.1, -0.05) is 31.5 Å². The molecule has 0 spiro atoms. The topological polar surface area (TPSA) is 3.24 Å². The van der Waals surface area contributed by atoms with E-state index in [4.69, 9.17) is 0 Å². The summed E-state index contributed by atoms with van der Waals surface area (Å²) < 4.78 is 0. The van der Waals surface area contributed by atoms with E-state index in [0.717, 1.165) is 12.5 Å². The van der Waals surface area contributed by atoms with Gasteiger partial charge in [-0.15, -0.1) is 0 Å². The number of hydrogen-bond donors (Lipinski definition) is 0. The van der Waals surface area contributed by atoms with Crippen LogP contribution in [0.4, 0.5) is 0 Å². The molecule has 1 aromatic carbocycles. The van der Waals surface area contributed by atoms with Crippen molar-refractivity contribution in [3.8, 4) is 0 Å². The van der Waals surface area contributed by atoms with E-state index < -0.39 is 0 Å². The van der Waals surface area contributed by atoms with Crippen molar-refractivity contribution >= 4 is 0 Å². The van der Waals surface area contributed by atoms with Crippen LogP contribution >= 0.6 is 0 Å². The van der Waals surface area contributed by atoms with Crippen LogP contribution in [0.3, 0.4) is 0 Å². The van der Waals surface area contributed by atoms with Crippen LogP contribution in [0.25, 0.3) is 0 Å². The second kappa shape index (κ2) is 3.58. The van der Waals surface area contributed by atoms with Gasteiger partial charge in [-0.25, -0.2) is 0 Å². The first-order chi connectivity index (χ1) is 7.97. The fourth-order valence-electron chi connectivity index (χ4n) is 3.77. The van der Waals surface area contributed by atoms with Gasteiger partial charge in [0.2, 0.25) is 0 Å². The summed E-state index contributed by atoms with van der Waals surface area (Å²) in [6.07, 6.45) is 2.61. The molecule has 1 unspecified atom stereocenters. The average Bonchev–Trinajstić information content (AvgIpc) is 2.22. The van der Waals surface area contributed by atoms with E-state index in [1.54, 1.807) is 16.7 Å². The van der Waals surface area contributed by atoms with Crippen molar-refractivity contribution in [3.63, 3.8) is 0 Å². The predicted molar refractivity (Wildman–Crippen MR) is 72.4 cm³/mol. The first-order valence-electron chi connectivity index (χ1n) is 6.78. The summed E-state index contributed by atoms with van der Waals surface area (Å²) in [5.74, 6) is 0.737. The maximum Gasteiger partial charge on any atom is 0.0233 e. The normalized spacial score (nSPS) is 26.7. The Labute approximate surface area is 105 Å². The van der Waals surface area contributed by atoms with Crippen LogP contribution in [0.1, 0.15) is 48.4 Å². The van der Waals surface area contributed by atoms with Crippen molar-refractivity contribution in [2.75, 3.05) is 13.6 Å². The lowest BCUT2D eigenvalue weighted by molar-refractivity contribution is 0.164. The van der Waals surface area contributed by atoms with Crippen LogP contribution in [0, 0.1) is 12.3 Å². The maximum absolute atomic E-state index is 2.49. The molecule has 17 heavy (non-hydrogen) atoms. The van der Waals surface area contributed by atoms with E-state index in [9.17, 15) is 0 Å². The molecule has 1 heterocycles. The molecule has 1 aliphatic heterocycles. The smallest absolute Gasteiger partial charge is 0.0233 e. The van der Waals surface area contributed by atoms with Crippen molar-refractivity contribution in [1.82, 2.24) is 4.90 Å². The maximum atomic E-state index is 2.49. The van der Waals surface area contributed by atoms with Crippen molar-refractivity contribution in [3.05, 3.63) is 34.4 Å². The van der Waals surface area contributed by atoms with Crippen molar-refractivity contribution < 1.29 is 0 Å². The summed E-state index contributed by atoms with van der Waals surface area (Å²) in [4.78, 5) is 2.49. The molecule has 0 N–H and O–H groups in total. The molecule has 0 amide bonds. The number of aryl methyl sites for hydroxylation is 2. The quantitative estimate of drug-likeness (QED) is 0.658. The van der Waals surface area contributed by atoms with Crippen LogP contribution in [0.2, 0.25) is 0 Å². The lowest BCUT2D eigenvalue weighted by Crippen LogP contribution is -2.41. The summed E-state index contributed by atoms with van der Waals surface area (Å²) in [6, 6.07) is 4.83. The van der Waals surface area contributed by atoms with Crippen LogP contribution < -0.4 is 0 Å². The van der Waals surface area contributed by atoms with Gasteiger partial charge >= 0.3 is 0 Å². The molecular weight excluding hydrogens is 206 g/mol. The molecule has 92 valence electrons. The first-order valence-corrected chi connectivity index (χ1v) is 6.78. The lowest BCUT2D eigenvalue weighted by Gasteiger charge is -2.46. The lowest BCUT2D eigenvalue weighted by atomic mass is 9.63. The van der Waals surface area contributed by atoms with E-state index in [0.29, 0.717) is 5.41 Å². The molecule has 0 saturated heterocycles. The van der Waals surface area contributed by atoms with E-state index in [1.165, 1.54) is 24.9 Å². The molecule has 0 fully saturated rings. The standard InChI is InChI=1S/C16H23N/c1-11-7-12-5-6-16(2,3)14-10-17(4)9-13(8-11)15(12)14/h7-8,14H,5-6,9-10H2,1-4H3. The van der Waals surface area contributed by atoms with Crippen LogP contribution in [-0.2, 0) is 13.0 Å². The highest BCUT2D eigenvalue weighted by Gasteiger charge is 2.39. The molecule has 0 bridgehead atoms. The Bertz CT molecular complexity index is 459. The Morgan fingerprint density at radius 1 is 1.24 bits per heavy atom. The number of nitrogens with zero attached hydrogens (tertiary/aromatic N) is 1. The zero-order chi connectivity index (χ0) is 12.2. The molecule has 0 radical (unpaired) electrons. The molecule has 1 nitrogen and oxygen atoms in total. The molecule has 1 heteroatoms. The van der Waals surface area contributed by atoms with Gasteiger partial charge in [-0.05, 0) is 48.9 Å². The highest BCUT2D eigenvalue weighted by atomic mass is 15.1. The van der Waals surface area contributed by atoms with E-state index in [1.807, 2.05) is 0 Å². The van der Waals surface area contributed by atoms with E-state index in [2.05, 4.69) is 44.9 Å². The van der Waals surface area contributed by atoms with E-state index >= 15 is 0 Å². The van der Waals surface area contributed by atoms with Gasteiger partial charge < -0.3 is 4.90 Å². The Kier molecular flexibility index (Phi) is 2.38. The summed E-state index contributed by atoms with van der Waals surface area (Å²) in [5, 5.41) is 0. The summed E-state index contributed by atoms with van der Waals surface area (Å²) in [6.45, 7) is 9.50. The highest BCUT2D eigenvalue weighted by Crippen LogP contribution is 2.48. The Morgan fingerprint density at radius 2 is 1.94 bits per heavy atom. The Hall–Kier alpha value is -0.820. The number of rotatable bonds is 0. The molecule has 1 atom stereocenters. The fourth-order valence-corrected chi connectivity index (χ4v) is 3.77. The molecule has 1 aromatic rings. The largest absolute Gasteiger partial charge is 0.301 e. The van der Waals surface area contributed by atoms with Crippen molar-refractivity contribution in [2.24, 2.45) is 5.41 Å². The SMILES string of the molecule is Cc1cc2c3c(c1)CN(C)CC3C(C)(C)CC2. The van der Waals surface area contributed by atoms with Crippen LogP contribution in [0.5, 0.6) is 0 Å². The average molecular weight is 229 g/mol. The molecule has 1 aliphatic carbocycles. The zero-order valence-corrected chi connectivity index (χ0v) is 11.5. The van der Waals surface area contributed by atoms with Crippen LogP contribution in [0.15, 0.2) is 12.1 Å². The monoisotopic (exact) mass is 229 g/mol. The molecular formula is C16H23N. The third-order valence-electron chi connectivity index (χ3n) is 4.76. The first kappa shape index (κ1) is 11.3. The van der Waals surface area contributed by atoms with Gasteiger partial charge in [0, 0.05) is 19.0 Å². The predicted octanol–water partition coefficient (Wildman–Crippen LogP) is 3.50. The summed E-state index contributed by atoms with van der Waals surface area (Å²) >= 11 is 0. The van der Waals surface area contributed by atoms with Gasteiger partial charge in [0.25, 0.3) is 0 Å². The third kappa shape index (κ3) is 1.72. The highest BCUT2D eigenvalue weighted by molar-refractivity contribution is 5.45. The third-order valence-corrected chi connectivity index (χ3v) is 4.76. The molecule has 2 aliphatic rings. The second-order valence-electron chi connectivity index (χ2n) is 6.73. The van der Waals surface area contributed by atoms with Gasteiger partial charge in [0.15, 0.2) is 0 Å². The molecule has 0 aromatic heterocycles. The van der Waals surface area contributed by atoms with Gasteiger partial charge in [-0.2, -0.15) is 0 Å². The van der Waals surface area contributed by atoms with E-state index in [-0.39, 0.29) is 0 Å². The van der Waals surface area contributed by atoms with Gasteiger partial charge in [0.05, 0.1) is 0 Å². The van der Waals surface area contributed by atoms with Crippen molar-refractivity contribution in [1.29, 1.82) is 0 Å². The van der Waals surface area contributed by atoms with Gasteiger partial charge in [0.1, 0.15) is 0 Å². The summed E-state index contributed by atoms with van der Waals surface area (Å²) in [5.41, 5.74) is 6.83. The Balaban J connectivity index is 2.19. The number of hydrogen-bond acceptors (Lipinski definition) is 1. The summed E-state index contributed by atoms with van der Waals surface area (Å²) in [7, 11) is 2.26. The minimum atomic E-state index is 0.464. The fraction of sp³-hybridized carbons (Fsp3) is 0.625. The zero-order valence-electron chi connectivity index (χ0n) is 11.5. The molecule has 0 saturated carbocycles. The van der Waals surface area contributed by atoms with Crippen LogP contribution in [-0.4, -0.2) is 18.5 Å². The van der Waals surface area contributed by atoms with Gasteiger partial charge in [-0.3, -0.25) is 0 Å². The number of likely N-dealkylation sites (N-methyl/N-ethyl adjacent to an activating group) is 1. The second-order valence-corrected chi connectivity index (χ2v) is 6.73. The number of benzene rings is 1. The van der Waals surface area contributed by atoms with Crippen molar-refractivity contribution in [2.45, 2.75) is 46.1 Å². The Morgan fingerprint density at radius 3 is 2.71 bits per heavy atom. The molecule has 3 rings (SSSR count). The minimum absolute atomic E-state index is 0.464.